The SMILES string of the molecule is Cn1cc(CN2C[C@@H]3OC(=O)N(CCc4ccc(F)cc4)[C@@H]3C2)cn1. The molecule has 7 heteroatoms. The largest absolute Gasteiger partial charge is 0.442 e. The fraction of sp³-hybridized carbons (Fsp3) is 0.444. The van der Waals surface area contributed by atoms with Crippen LogP contribution >= 0.6 is 0 Å². The number of fused-ring (bicyclic) bond motifs is 1. The lowest BCUT2D eigenvalue weighted by Gasteiger charge is -2.22. The summed E-state index contributed by atoms with van der Waals surface area (Å²) in [5.41, 5.74) is 2.18. The first-order valence-corrected chi connectivity index (χ1v) is 8.50. The molecule has 0 unspecified atom stereocenters. The maximum absolute atomic E-state index is 13.0. The van der Waals surface area contributed by atoms with Gasteiger partial charge in [0.25, 0.3) is 0 Å². The minimum atomic E-state index is -0.244. The van der Waals surface area contributed by atoms with E-state index in [-0.39, 0.29) is 24.1 Å². The van der Waals surface area contributed by atoms with Crippen LogP contribution in [-0.2, 0) is 24.8 Å². The van der Waals surface area contributed by atoms with E-state index >= 15 is 0 Å². The Balaban J connectivity index is 1.36. The second-order valence-electron chi connectivity index (χ2n) is 6.78. The minimum absolute atomic E-state index is 0.0719. The molecule has 1 amide bonds. The molecule has 2 fully saturated rings. The van der Waals surface area contributed by atoms with E-state index in [1.165, 1.54) is 12.1 Å². The van der Waals surface area contributed by atoms with E-state index in [2.05, 4.69) is 10.00 Å². The van der Waals surface area contributed by atoms with Gasteiger partial charge in [0.2, 0.25) is 0 Å². The van der Waals surface area contributed by atoms with Gasteiger partial charge in [-0.2, -0.15) is 5.10 Å². The molecule has 2 aliphatic heterocycles. The van der Waals surface area contributed by atoms with Crippen LogP contribution in [0.15, 0.2) is 36.7 Å². The molecule has 25 heavy (non-hydrogen) atoms. The van der Waals surface area contributed by atoms with Crippen LogP contribution in [0, 0.1) is 5.82 Å². The van der Waals surface area contributed by atoms with Gasteiger partial charge in [-0.15, -0.1) is 0 Å². The number of likely N-dealkylation sites (tertiary alicyclic amines) is 1. The lowest BCUT2D eigenvalue weighted by Crippen LogP contribution is -2.39. The van der Waals surface area contributed by atoms with Gasteiger partial charge in [0.05, 0.1) is 12.2 Å². The van der Waals surface area contributed by atoms with E-state index in [0.29, 0.717) is 13.0 Å². The van der Waals surface area contributed by atoms with Crippen LogP contribution in [-0.4, -0.2) is 57.5 Å². The smallest absolute Gasteiger partial charge is 0.410 e. The number of hydrogen-bond donors (Lipinski definition) is 0. The molecule has 2 saturated heterocycles. The number of benzene rings is 1. The van der Waals surface area contributed by atoms with Crippen LogP contribution in [0.3, 0.4) is 0 Å². The third-order valence-corrected chi connectivity index (χ3v) is 4.92. The Labute approximate surface area is 145 Å². The van der Waals surface area contributed by atoms with Crippen LogP contribution in [0.5, 0.6) is 0 Å². The van der Waals surface area contributed by atoms with Crippen molar-refractivity contribution in [2.75, 3.05) is 19.6 Å². The molecule has 0 saturated carbocycles. The summed E-state index contributed by atoms with van der Waals surface area (Å²) < 4.78 is 20.3. The zero-order chi connectivity index (χ0) is 17.4. The molecule has 0 radical (unpaired) electrons. The van der Waals surface area contributed by atoms with Crippen LogP contribution in [0.1, 0.15) is 11.1 Å². The first-order chi connectivity index (χ1) is 12.1. The summed E-state index contributed by atoms with van der Waals surface area (Å²) in [7, 11) is 1.90. The third kappa shape index (κ3) is 3.37. The number of nitrogens with zero attached hydrogens (tertiary/aromatic N) is 4. The van der Waals surface area contributed by atoms with Gasteiger partial charge in [-0.3, -0.25) is 14.5 Å². The number of rotatable bonds is 5. The minimum Gasteiger partial charge on any atom is -0.442 e. The lowest BCUT2D eigenvalue weighted by molar-refractivity contribution is 0.120. The summed E-state index contributed by atoms with van der Waals surface area (Å²) in [6.45, 7) is 2.95. The quantitative estimate of drug-likeness (QED) is 0.830. The highest BCUT2D eigenvalue weighted by Gasteiger charge is 2.47. The van der Waals surface area contributed by atoms with Gasteiger partial charge in [-0.1, -0.05) is 12.1 Å². The van der Waals surface area contributed by atoms with Gasteiger partial charge in [0, 0.05) is 45.0 Å². The van der Waals surface area contributed by atoms with Crippen LogP contribution < -0.4 is 0 Å². The van der Waals surface area contributed by atoms with Gasteiger partial charge in [0.1, 0.15) is 11.9 Å². The number of carbonyl (C=O) groups excluding carboxylic acids is 1. The number of hydrogen-bond acceptors (Lipinski definition) is 4. The fourth-order valence-corrected chi connectivity index (χ4v) is 3.68. The monoisotopic (exact) mass is 344 g/mol. The highest BCUT2D eigenvalue weighted by Crippen LogP contribution is 2.28. The Kier molecular flexibility index (Phi) is 4.17. The number of ether oxygens (including phenoxy) is 1. The van der Waals surface area contributed by atoms with Crippen LogP contribution in [0.4, 0.5) is 9.18 Å². The Hall–Kier alpha value is -2.41. The van der Waals surface area contributed by atoms with E-state index in [1.54, 1.807) is 16.8 Å². The molecule has 0 N–H and O–H groups in total. The first kappa shape index (κ1) is 16.1. The molecule has 6 nitrogen and oxygen atoms in total. The van der Waals surface area contributed by atoms with Gasteiger partial charge in [0.15, 0.2) is 0 Å². The summed E-state index contributed by atoms with van der Waals surface area (Å²) in [4.78, 5) is 16.3. The highest BCUT2D eigenvalue weighted by atomic mass is 19.1. The molecule has 0 bridgehead atoms. The first-order valence-electron chi connectivity index (χ1n) is 8.50. The van der Waals surface area contributed by atoms with Crippen LogP contribution in [0.2, 0.25) is 0 Å². The maximum atomic E-state index is 13.0. The highest BCUT2D eigenvalue weighted by molar-refractivity contribution is 5.71. The fourth-order valence-electron chi connectivity index (χ4n) is 3.68. The van der Waals surface area contributed by atoms with Crippen molar-refractivity contribution in [1.82, 2.24) is 19.6 Å². The lowest BCUT2D eigenvalue weighted by atomic mass is 10.1. The van der Waals surface area contributed by atoms with E-state index in [4.69, 9.17) is 4.74 Å². The van der Waals surface area contributed by atoms with E-state index in [9.17, 15) is 9.18 Å². The summed E-state index contributed by atoms with van der Waals surface area (Å²) in [5.74, 6) is -0.244. The number of aromatic nitrogens is 2. The number of aryl methyl sites for hydroxylation is 1. The molecule has 132 valence electrons. The predicted molar refractivity (Wildman–Crippen MR) is 89.4 cm³/mol. The van der Waals surface area contributed by atoms with Crippen molar-refractivity contribution in [3.63, 3.8) is 0 Å². The summed E-state index contributed by atoms with van der Waals surface area (Å²) in [6, 6.07) is 6.51. The van der Waals surface area contributed by atoms with E-state index < -0.39 is 0 Å². The second-order valence-corrected chi connectivity index (χ2v) is 6.78. The van der Waals surface area contributed by atoms with Gasteiger partial charge < -0.3 is 4.74 Å². The number of carbonyl (C=O) groups is 1. The summed E-state index contributed by atoms with van der Waals surface area (Å²) in [5, 5.41) is 4.19. The molecule has 3 heterocycles. The summed E-state index contributed by atoms with van der Waals surface area (Å²) >= 11 is 0. The average molecular weight is 344 g/mol. The Bertz CT molecular complexity index is 761. The second kappa shape index (κ2) is 6.48. The molecule has 1 aromatic heterocycles. The number of halogens is 1. The molecule has 0 spiro atoms. The topological polar surface area (TPSA) is 50.6 Å². The predicted octanol–water partition coefficient (Wildman–Crippen LogP) is 1.81. The average Bonchev–Trinajstić information content (AvgIpc) is 3.23. The van der Waals surface area contributed by atoms with Crippen molar-refractivity contribution in [3.05, 3.63) is 53.6 Å². The zero-order valence-electron chi connectivity index (χ0n) is 14.1. The Morgan fingerprint density at radius 2 is 2.04 bits per heavy atom. The normalized spacial score (nSPS) is 23.1. The molecule has 4 rings (SSSR count). The molecule has 2 atom stereocenters. The van der Waals surface area contributed by atoms with Gasteiger partial charge >= 0.3 is 6.09 Å². The van der Waals surface area contributed by atoms with Crippen molar-refractivity contribution in [2.24, 2.45) is 7.05 Å². The Morgan fingerprint density at radius 1 is 1.24 bits per heavy atom. The third-order valence-electron chi connectivity index (χ3n) is 4.92. The van der Waals surface area contributed by atoms with Crippen molar-refractivity contribution in [2.45, 2.75) is 25.1 Å². The maximum Gasteiger partial charge on any atom is 0.410 e. The molecule has 1 aromatic carbocycles. The molecule has 0 aliphatic carbocycles. The molecule has 2 aliphatic rings. The standard InChI is InChI=1S/C18H21FN4O2/c1-21-9-14(8-20-21)10-22-11-16-17(12-22)25-18(24)23(16)7-6-13-2-4-15(19)5-3-13/h2-5,8-9,16-17H,6-7,10-12H2,1H3/t16-,17+/m1/s1. The van der Waals surface area contributed by atoms with Crippen molar-refractivity contribution in [3.8, 4) is 0 Å². The van der Waals surface area contributed by atoms with Crippen molar-refractivity contribution < 1.29 is 13.9 Å². The van der Waals surface area contributed by atoms with Crippen molar-refractivity contribution >= 4 is 6.09 Å². The van der Waals surface area contributed by atoms with E-state index in [0.717, 1.165) is 30.8 Å². The summed E-state index contributed by atoms with van der Waals surface area (Å²) in [6.07, 6.45) is 4.26. The van der Waals surface area contributed by atoms with Crippen molar-refractivity contribution in [1.29, 1.82) is 0 Å². The van der Waals surface area contributed by atoms with Crippen LogP contribution in [0.25, 0.3) is 0 Å². The number of amides is 1. The zero-order valence-corrected chi connectivity index (χ0v) is 14.1. The molecule has 2 aromatic rings. The molecular formula is C18H21FN4O2. The Morgan fingerprint density at radius 3 is 2.76 bits per heavy atom. The molecular weight excluding hydrogens is 323 g/mol. The van der Waals surface area contributed by atoms with Gasteiger partial charge in [-0.25, -0.2) is 9.18 Å². The van der Waals surface area contributed by atoms with E-state index in [1.807, 2.05) is 24.3 Å². The van der Waals surface area contributed by atoms with Gasteiger partial charge in [-0.05, 0) is 24.1 Å².